The van der Waals surface area contributed by atoms with E-state index in [4.69, 9.17) is 4.74 Å². The Morgan fingerprint density at radius 1 is 1.27 bits per heavy atom. The smallest absolute Gasteiger partial charge is 0.410 e. The summed E-state index contributed by atoms with van der Waals surface area (Å²) in [7, 11) is 0. The quantitative estimate of drug-likeness (QED) is 0.821. The lowest BCUT2D eigenvalue weighted by Gasteiger charge is -2.10. The van der Waals surface area contributed by atoms with Crippen LogP contribution < -0.4 is 10.1 Å². The number of amides is 1. The van der Waals surface area contributed by atoms with Crippen LogP contribution in [0.15, 0.2) is 30.3 Å². The first-order valence-electron chi connectivity index (χ1n) is 4.63. The highest BCUT2D eigenvalue weighted by molar-refractivity contribution is 5.85. The molecule has 0 aromatic heterocycles. The van der Waals surface area contributed by atoms with Crippen molar-refractivity contribution in [2.45, 2.75) is 19.9 Å². The van der Waals surface area contributed by atoms with E-state index in [0.29, 0.717) is 5.75 Å². The molecule has 1 aromatic carbocycles. The minimum atomic E-state index is -0.621. The van der Waals surface area contributed by atoms with Crippen molar-refractivity contribution >= 4 is 11.9 Å². The lowest BCUT2D eigenvalue weighted by Crippen LogP contribution is -2.39. The van der Waals surface area contributed by atoms with Crippen LogP contribution in [0, 0.1) is 0 Å². The SMILES string of the molecule is CC(=O)C(C)NC(=O)Oc1ccccc1. The van der Waals surface area contributed by atoms with E-state index >= 15 is 0 Å². The fourth-order valence-corrected chi connectivity index (χ4v) is 0.903. The third-order valence-corrected chi connectivity index (χ3v) is 1.90. The monoisotopic (exact) mass is 207 g/mol. The van der Waals surface area contributed by atoms with Crippen LogP contribution in [-0.2, 0) is 4.79 Å². The molecule has 0 aliphatic rings. The highest BCUT2D eigenvalue weighted by atomic mass is 16.6. The van der Waals surface area contributed by atoms with Crippen LogP contribution in [0.1, 0.15) is 13.8 Å². The van der Waals surface area contributed by atoms with E-state index in [2.05, 4.69) is 5.32 Å². The van der Waals surface area contributed by atoms with Gasteiger partial charge in [-0.1, -0.05) is 18.2 Å². The molecule has 0 spiro atoms. The van der Waals surface area contributed by atoms with Crippen molar-refractivity contribution in [3.05, 3.63) is 30.3 Å². The molecule has 0 saturated carbocycles. The summed E-state index contributed by atoms with van der Waals surface area (Å²) in [5, 5.41) is 2.42. The maximum atomic E-state index is 11.2. The summed E-state index contributed by atoms with van der Waals surface area (Å²) < 4.78 is 4.93. The van der Waals surface area contributed by atoms with Gasteiger partial charge in [-0.05, 0) is 26.0 Å². The van der Waals surface area contributed by atoms with Crippen LogP contribution in [0.5, 0.6) is 5.75 Å². The van der Waals surface area contributed by atoms with Crippen LogP contribution in [0.4, 0.5) is 4.79 Å². The number of hydrogen-bond donors (Lipinski definition) is 1. The Morgan fingerprint density at radius 2 is 1.87 bits per heavy atom. The van der Waals surface area contributed by atoms with Crippen molar-refractivity contribution in [1.82, 2.24) is 5.32 Å². The van der Waals surface area contributed by atoms with Crippen molar-refractivity contribution in [1.29, 1.82) is 0 Å². The van der Waals surface area contributed by atoms with Crippen molar-refractivity contribution in [2.75, 3.05) is 0 Å². The summed E-state index contributed by atoms with van der Waals surface area (Å²) in [4.78, 5) is 22.1. The number of nitrogens with one attached hydrogen (secondary N) is 1. The first kappa shape index (κ1) is 11.2. The van der Waals surface area contributed by atoms with Crippen molar-refractivity contribution in [2.24, 2.45) is 0 Å². The molecule has 4 nitrogen and oxygen atoms in total. The van der Waals surface area contributed by atoms with Crippen molar-refractivity contribution in [3.63, 3.8) is 0 Å². The summed E-state index contributed by atoms with van der Waals surface area (Å²) in [6, 6.07) is 8.15. The molecule has 4 heteroatoms. The Labute approximate surface area is 88.2 Å². The zero-order valence-corrected chi connectivity index (χ0v) is 8.69. The third-order valence-electron chi connectivity index (χ3n) is 1.90. The summed E-state index contributed by atoms with van der Waals surface area (Å²) >= 11 is 0. The third kappa shape index (κ3) is 3.81. The average Bonchev–Trinajstić information content (AvgIpc) is 2.18. The maximum Gasteiger partial charge on any atom is 0.413 e. The minimum Gasteiger partial charge on any atom is -0.410 e. The van der Waals surface area contributed by atoms with Gasteiger partial charge in [-0.15, -0.1) is 0 Å². The number of benzene rings is 1. The summed E-state index contributed by atoms with van der Waals surface area (Å²) in [6.07, 6.45) is -0.621. The predicted octanol–water partition coefficient (Wildman–Crippen LogP) is 1.75. The Hall–Kier alpha value is -1.84. The van der Waals surface area contributed by atoms with E-state index in [0.717, 1.165) is 0 Å². The Balaban J connectivity index is 2.47. The predicted molar refractivity (Wildman–Crippen MR) is 55.7 cm³/mol. The van der Waals surface area contributed by atoms with Gasteiger partial charge < -0.3 is 10.1 Å². The Bertz CT molecular complexity index is 348. The highest BCUT2D eigenvalue weighted by Gasteiger charge is 2.12. The van der Waals surface area contributed by atoms with E-state index in [9.17, 15) is 9.59 Å². The molecule has 1 amide bonds. The van der Waals surface area contributed by atoms with Gasteiger partial charge in [0.25, 0.3) is 0 Å². The summed E-state index contributed by atoms with van der Waals surface area (Å²) in [6.45, 7) is 3.02. The van der Waals surface area contributed by atoms with E-state index in [1.54, 1.807) is 31.2 Å². The normalized spacial score (nSPS) is 11.6. The molecule has 0 bridgehead atoms. The second kappa shape index (κ2) is 5.14. The zero-order chi connectivity index (χ0) is 11.3. The highest BCUT2D eigenvalue weighted by Crippen LogP contribution is 2.08. The zero-order valence-electron chi connectivity index (χ0n) is 8.69. The second-order valence-corrected chi connectivity index (χ2v) is 3.18. The molecule has 0 saturated heterocycles. The number of ether oxygens (including phenoxy) is 1. The van der Waals surface area contributed by atoms with Crippen molar-refractivity contribution < 1.29 is 14.3 Å². The molecular weight excluding hydrogens is 194 g/mol. The second-order valence-electron chi connectivity index (χ2n) is 3.18. The molecule has 0 heterocycles. The fraction of sp³-hybridized carbons (Fsp3) is 0.273. The molecule has 1 aromatic rings. The molecule has 15 heavy (non-hydrogen) atoms. The molecule has 0 fully saturated rings. The van der Waals surface area contributed by atoms with Crippen LogP contribution in [0.2, 0.25) is 0 Å². The minimum absolute atomic E-state index is 0.111. The van der Waals surface area contributed by atoms with Gasteiger partial charge in [-0.25, -0.2) is 4.79 Å². The number of rotatable bonds is 3. The molecule has 1 atom stereocenters. The number of hydrogen-bond acceptors (Lipinski definition) is 3. The lowest BCUT2D eigenvalue weighted by atomic mass is 10.2. The fourth-order valence-electron chi connectivity index (χ4n) is 0.903. The molecule has 0 aliphatic carbocycles. The van der Waals surface area contributed by atoms with Crippen LogP contribution in [-0.4, -0.2) is 17.9 Å². The lowest BCUT2D eigenvalue weighted by molar-refractivity contribution is -0.118. The molecule has 1 rings (SSSR count). The van der Waals surface area contributed by atoms with E-state index in [1.165, 1.54) is 6.92 Å². The first-order valence-corrected chi connectivity index (χ1v) is 4.63. The standard InChI is InChI=1S/C11H13NO3/c1-8(9(2)13)12-11(14)15-10-6-4-3-5-7-10/h3-8H,1-2H3,(H,12,14). The number of para-hydroxylation sites is 1. The summed E-state index contributed by atoms with van der Waals surface area (Å²) in [5.74, 6) is 0.339. The van der Waals surface area contributed by atoms with Gasteiger partial charge in [0.1, 0.15) is 5.75 Å². The van der Waals surface area contributed by atoms with Crippen molar-refractivity contribution in [3.8, 4) is 5.75 Å². The van der Waals surface area contributed by atoms with Crippen LogP contribution >= 0.6 is 0 Å². The van der Waals surface area contributed by atoms with Gasteiger partial charge in [0, 0.05) is 0 Å². The Morgan fingerprint density at radius 3 is 2.40 bits per heavy atom. The molecule has 80 valence electrons. The number of Topliss-reactive ketones (excluding diaryl/α,β-unsaturated/α-hetero) is 1. The topological polar surface area (TPSA) is 55.4 Å². The van der Waals surface area contributed by atoms with Crippen LogP contribution in [0.25, 0.3) is 0 Å². The van der Waals surface area contributed by atoms with Gasteiger partial charge in [0.15, 0.2) is 5.78 Å². The van der Waals surface area contributed by atoms with E-state index < -0.39 is 12.1 Å². The molecule has 1 N–H and O–H groups in total. The summed E-state index contributed by atoms with van der Waals surface area (Å²) in [5.41, 5.74) is 0. The average molecular weight is 207 g/mol. The van der Waals surface area contributed by atoms with Gasteiger partial charge in [0.05, 0.1) is 6.04 Å². The molecular formula is C11H13NO3. The van der Waals surface area contributed by atoms with Crippen LogP contribution in [0.3, 0.4) is 0 Å². The van der Waals surface area contributed by atoms with E-state index in [-0.39, 0.29) is 5.78 Å². The molecule has 1 unspecified atom stereocenters. The largest absolute Gasteiger partial charge is 0.413 e. The van der Waals surface area contributed by atoms with Gasteiger partial charge in [0.2, 0.25) is 0 Å². The number of carbonyl (C=O) groups is 2. The van der Waals surface area contributed by atoms with Gasteiger partial charge in [-0.3, -0.25) is 4.79 Å². The van der Waals surface area contributed by atoms with Gasteiger partial charge in [-0.2, -0.15) is 0 Å². The maximum absolute atomic E-state index is 11.2. The molecule has 0 aliphatic heterocycles. The molecule has 0 radical (unpaired) electrons. The van der Waals surface area contributed by atoms with E-state index in [1.807, 2.05) is 6.07 Å². The number of carbonyl (C=O) groups excluding carboxylic acids is 2. The Kier molecular flexibility index (Phi) is 3.85. The van der Waals surface area contributed by atoms with Gasteiger partial charge >= 0.3 is 6.09 Å². The first-order chi connectivity index (χ1) is 7.09. The number of ketones is 1.